The molecule has 0 aliphatic rings. The SMILES string of the molecule is COc1cc(NC(=O)c2cccc(C(S)c3ncnc4[nH]ncc34)c2)cc(OC)c1OC. The molecular formula is C22H21N5O4S. The Hall–Kier alpha value is -3.79. The Balaban J connectivity index is 1.61. The number of fused-ring (bicyclic) bond motifs is 1. The Kier molecular flexibility index (Phi) is 6.13. The summed E-state index contributed by atoms with van der Waals surface area (Å²) in [5.41, 5.74) is 3.12. The molecule has 2 heterocycles. The zero-order chi connectivity index (χ0) is 22.7. The number of benzene rings is 2. The number of methoxy groups -OCH3 is 3. The number of carbonyl (C=O) groups excluding carboxylic acids is 1. The third kappa shape index (κ3) is 4.04. The van der Waals surface area contributed by atoms with Crippen LogP contribution in [0.15, 0.2) is 48.9 Å². The molecule has 9 nitrogen and oxygen atoms in total. The lowest BCUT2D eigenvalue weighted by molar-refractivity contribution is 0.102. The predicted molar refractivity (Wildman–Crippen MR) is 123 cm³/mol. The summed E-state index contributed by atoms with van der Waals surface area (Å²) in [6.45, 7) is 0. The number of hydrogen-bond donors (Lipinski definition) is 3. The van der Waals surface area contributed by atoms with Crippen LogP contribution < -0.4 is 19.5 Å². The van der Waals surface area contributed by atoms with Crippen molar-refractivity contribution in [2.75, 3.05) is 26.6 Å². The Morgan fingerprint density at radius 1 is 1.06 bits per heavy atom. The van der Waals surface area contributed by atoms with Crippen LogP contribution in [0.2, 0.25) is 0 Å². The van der Waals surface area contributed by atoms with Gasteiger partial charge in [-0.15, -0.1) is 0 Å². The van der Waals surface area contributed by atoms with Crippen molar-refractivity contribution < 1.29 is 19.0 Å². The van der Waals surface area contributed by atoms with E-state index >= 15 is 0 Å². The van der Waals surface area contributed by atoms with E-state index in [0.29, 0.717) is 39.8 Å². The number of nitrogens with one attached hydrogen (secondary N) is 2. The van der Waals surface area contributed by atoms with Gasteiger partial charge in [0.1, 0.15) is 6.33 Å². The summed E-state index contributed by atoms with van der Waals surface area (Å²) in [6, 6.07) is 10.5. The first-order valence-corrected chi connectivity index (χ1v) is 10.1. The molecule has 0 saturated heterocycles. The molecular weight excluding hydrogens is 430 g/mol. The first-order valence-electron chi connectivity index (χ1n) is 9.59. The molecule has 0 fully saturated rings. The molecule has 0 aliphatic carbocycles. The van der Waals surface area contributed by atoms with Gasteiger partial charge in [0.2, 0.25) is 5.75 Å². The van der Waals surface area contributed by atoms with Crippen molar-refractivity contribution in [3.8, 4) is 17.2 Å². The molecule has 0 spiro atoms. The van der Waals surface area contributed by atoms with Gasteiger partial charge in [-0.05, 0) is 17.7 Å². The van der Waals surface area contributed by atoms with Crippen molar-refractivity contribution in [2.24, 2.45) is 0 Å². The number of aromatic amines is 1. The molecule has 32 heavy (non-hydrogen) atoms. The van der Waals surface area contributed by atoms with Gasteiger partial charge >= 0.3 is 0 Å². The van der Waals surface area contributed by atoms with Gasteiger partial charge in [0.25, 0.3) is 5.91 Å². The molecule has 1 atom stereocenters. The Morgan fingerprint density at radius 2 is 1.81 bits per heavy atom. The van der Waals surface area contributed by atoms with E-state index in [9.17, 15) is 4.79 Å². The number of anilines is 1. The minimum Gasteiger partial charge on any atom is -0.493 e. The number of ether oxygens (including phenoxy) is 3. The molecule has 2 aromatic heterocycles. The molecule has 4 aromatic rings. The van der Waals surface area contributed by atoms with Crippen molar-refractivity contribution in [3.05, 3.63) is 65.7 Å². The Bertz CT molecular complexity index is 1250. The van der Waals surface area contributed by atoms with E-state index in [-0.39, 0.29) is 11.2 Å². The lowest BCUT2D eigenvalue weighted by Gasteiger charge is -2.15. The van der Waals surface area contributed by atoms with Crippen LogP contribution in [0.4, 0.5) is 5.69 Å². The number of amides is 1. The van der Waals surface area contributed by atoms with Gasteiger partial charge < -0.3 is 19.5 Å². The van der Waals surface area contributed by atoms with Gasteiger partial charge in [-0.3, -0.25) is 9.89 Å². The molecule has 0 radical (unpaired) electrons. The van der Waals surface area contributed by atoms with Crippen LogP contribution in [-0.2, 0) is 0 Å². The van der Waals surface area contributed by atoms with Crippen LogP contribution in [0.3, 0.4) is 0 Å². The second-order valence-corrected chi connectivity index (χ2v) is 7.30. The molecule has 2 aromatic carbocycles. The highest BCUT2D eigenvalue weighted by atomic mass is 32.1. The van der Waals surface area contributed by atoms with E-state index in [0.717, 1.165) is 10.9 Å². The number of carbonyl (C=O) groups is 1. The maximum atomic E-state index is 13.0. The number of nitrogens with zero attached hydrogens (tertiary/aromatic N) is 3. The summed E-state index contributed by atoms with van der Waals surface area (Å²) in [5, 5.41) is 10.1. The predicted octanol–water partition coefficient (Wildman–Crippen LogP) is 3.65. The minimum atomic E-state index is -0.368. The molecule has 1 amide bonds. The molecule has 4 rings (SSSR count). The van der Waals surface area contributed by atoms with E-state index in [2.05, 4.69) is 25.5 Å². The van der Waals surface area contributed by atoms with Gasteiger partial charge in [0, 0.05) is 23.4 Å². The van der Waals surface area contributed by atoms with E-state index in [4.69, 9.17) is 26.8 Å². The van der Waals surface area contributed by atoms with Gasteiger partial charge in [-0.1, -0.05) is 12.1 Å². The second-order valence-electron chi connectivity index (χ2n) is 6.79. The highest BCUT2D eigenvalue weighted by Gasteiger charge is 2.19. The van der Waals surface area contributed by atoms with E-state index in [1.54, 1.807) is 36.5 Å². The average Bonchev–Trinajstić information content (AvgIpc) is 3.32. The summed E-state index contributed by atoms with van der Waals surface area (Å²) < 4.78 is 16.0. The van der Waals surface area contributed by atoms with Crippen molar-refractivity contribution in [1.82, 2.24) is 20.2 Å². The van der Waals surface area contributed by atoms with Gasteiger partial charge in [0.15, 0.2) is 17.1 Å². The Morgan fingerprint density at radius 3 is 2.50 bits per heavy atom. The maximum Gasteiger partial charge on any atom is 0.255 e. The molecule has 0 bridgehead atoms. The largest absolute Gasteiger partial charge is 0.493 e. The second kappa shape index (κ2) is 9.15. The van der Waals surface area contributed by atoms with Crippen LogP contribution >= 0.6 is 12.6 Å². The summed E-state index contributed by atoms with van der Waals surface area (Å²) in [5.74, 6) is 1.04. The number of thiol groups is 1. The fourth-order valence-electron chi connectivity index (χ4n) is 3.37. The zero-order valence-electron chi connectivity index (χ0n) is 17.6. The summed E-state index contributed by atoms with van der Waals surface area (Å²) in [6.07, 6.45) is 3.12. The highest BCUT2D eigenvalue weighted by Crippen LogP contribution is 2.40. The van der Waals surface area contributed by atoms with Crippen LogP contribution in [0.1, 0.15) is 26.9 Å². The minimum absolute atomic E-state index is 0.294. The van der Waals surface area contributed by atoms with E-state index in [1.165, 1.54) is 27.7 Å². The lowest BCUT2D eigenvalue weighted by atomic mass is 10.0. The third-order valence-corrected chi connectivity index (χ3v) is 5.47. The summed E-state index contributed by atoms with van der Waals surface area (Å²) in [4.78, 5) is 21.5. The summed E-state index contributed by atoms with van der Waals surface area (Å²) >= 11 is 4.74. The van der Waals surface area contributed by atoms with Crippen molar-refractivity contribution in [1.29, 1.82) is 0 Å². The fraction of sp³-hybridized carbons (Fsp3) is 0.182. The molecule has 0 saturated carbocycles. The quantitative estimate of drug-likeness (QED) is 0.368. The molecule has 164 valence electrons. The van der Waals surface area contributed by atoms with Gasteiger partial charge in [0.05, 0.1) is 43.9 Å². The lowest BCUT2D eigenvalue weighted by Crippen LogP contribution is -2.13. The van der Waals surface area contributed by atoms with E-state index < -0.39 is 0 Å². The fourth-order valence-corrected chi connectivity index (χ4v) is 3.73. The summed E-state index contributed by atoms with van der Waals surface area (Å²) in [7, 11) is 4.56. The topological polar surface area (TPSA) is 111 Å². The highest BCUT2D eigenvalue weighted by molar-refractivity contribution is 7.80. The van der Waals surface area contributed by atoms with Crippen LogP contribution in [0.5, 0.6) is 17.2 Å². The van der Waals surface area contributed by atoms with Gasteiger partial charge in [-0.25, -0.2) is 9.97 Å². The molecule has 10 heteroatoms. The van der Waals surface area contributed by atoms with Crippen LogP contribution in [0.25, 0.3) is 11.0 Å². The number of rotatable bonds is 7. The van der Waals surface area contributed by atoms with Crippen molar-refractivity contribution >= 4 is 35.3 Å². The number of H-pyrrole nitrogens is 1. The monoisotopic (exact) mass is 451 g/mol. The first kappa shape index (κ1) is 21.4. The molecule has 0 aliphatic heterocycles. The number of hydrogen-bond acceptors (Lipinski definition) is 8. The smallest absolute Gasteiger partial charge is 0.255 e. The number of aromatic nitrogens is 4. The third-order valence-electron chi connectivity index (χ3n) is 4.92. The van der Waals surface area contributed by atoms with E-state index in [1.807, 2.05) is 6.07 Å². The van der Waals surface area contributed by atoms with Crippen LogP contribution in [-0.4, -0.2) is 47.4 Å². The standard InChI is InChI=1S/C22H21N5O4S/c1-29-16-8-14(9-17(30-2)19(16)31-3)26-22(28)13-6-4-5-12(7-13)20(32)18-15-10-25-27-21(15)24-11-23-18/h4-11,20,32H,1-3H3,(H,26,28)(H,23,24,25,27). The first-order chi connectivity index (χ1) is 15.5. The normalized spacial score (nSPS) is 11.8. The average molecular weight is 452 g/mol. The van der Waals surface area contributed by atoms with Crippen molar-refractivity contribution in [2.45, 2.75) is 5.25 Å². The molecule has 1 unspecified atom stereocenters. The van der Waals surface area contributed by atoms with Crippen LogP contribution in [0, 0.1) is 0 Å². The van der Waals surface area contributed by atoms with Gasteiger partial charge in [-0.2, -0.15) is 17.7 Å². The Labute approximate surface area is 189 Å². The maximum absolute atomic E-state index is 13.0. The molecule has 2 N–H and O–H groups in total. The van der Waals surface area contributed by atoms with Crippen molar-refractivity contribution in [3.63, 3.8) is 0 Å². The zero-order valence-corrected chi connectivity index (χ0v) is 18.5.